The fourth-order valence-corrected chi connectivity index (χ4v) is 1.90. The molecule has 0 aliphatic heterocycles. The second-order valence-corrected chi connectivity index (χ2v) is 5.14. The molecule has 2 aromatic carbocycles. The van der Waals surface area contributed by atoms with Gasteiger partial charge in [-0.15, -0.1) is 0 Å². The molecule has 0 aromatic heterocycles. The number of carbonyl (C=O) groups is 1. The smallest absolute Gasteiger partial charge is 0.246 e. The van der Waals surface area contributed by atoms with E-state index in [0.717, 1.165) is 15.8 Å². The first-order valence-corrected chi connectivity index (χ1v) is 6.82. The van der Waals surface area contributed by atoms with Gasteiger partial charge in [-0.1, -0.05) is 34.1 Å². The van der Waals surface area contributed by atoms with Crippen LogP contribution in [0.1, 0.15) is 6.92 Å². The molecule has 1 amide bonds. The predicted octanol–water partition coefficient (Wildman–Crippen LogP) is 3.89. The molecule has 0 saturated heterocycles. The maximum absolute atomic E-state index is 12.0. The SMILES string of the molecule is C[C@@H](Nc1ccc(Br)cc1)C(=O)Nc1ccccc1. The average molecular weight is 319 g/mol. The summed E-state index contributed by atoms with van der Waals surface area (Å²) in [6, 6.07) is 16.8. The zero-order valence-corrected chi connectivity index (χ0v) is 12.1. The first-order valence-electron chi connectivity index (χ1n) is 6.03. The van der Waals surface area contributed by atoms with Crippen molar-refractivity contribution in [3.05, 3.63) is 59.1 Å². The van der Waals surface area contributed by atoms with Crippen LogP contribution < -0.4 is 10.6 Å². The van der Waals surface area contributed by atoms with E-state index in [1.54, 1.807) is 0 Å². The molecular formula is C15H15BrN2O. The second-order valence-electron chi connectivity index (χ2n) is 4.23. The molecule has 0 spiro atoms. The van der Waals surface area contributed by atoms with Crippen molar-refractivity contribution < 1.29 is 4.79 Å². The number of rotatable bonds is 4. The van der Waals surface area contributed by atoms with E-state index in [0.29, 0.717) is 0 Å². The summed E-state index contributed by atoms with van der Waals surface area (Å²) in [6.07, 6.45) is 0. The van der Waals surface area contributed by atoms with Gasteiger partial charge in [0, 0.05) is 15.8 Å². The average Bonchev–Trinajstić information content (AvgIpc) is 2.42. The predicted molar refractivity (Wildman–Crippen MR) is 82.3 cm³/mol. The first-order chi connectivity index (χ1) is 9.15. The number of hydrogen-bond acceptors (Lipinski definition) is 2. The Balaban J connectivity index is 1.94. The van der Waals surface area contributed by atoms with Gasteiger partial charge < -0.3 is 10.6 Å². The summed E-state index contributed by atoms with van der Waals surface area (Å²) < 4.78 is 1.01. The van der Waals surface area contributed by atoms with Crippen molar-refractivity contribution in [1.82, 2.24) is 0 Å². The van der Waals surface area contributed by atoms with Crippen molar-refractivity contribution in [2.45, 2.75) is 13.0 Å². The topological polar surface area (TPSA) is 41.1 Å². The number of nitrogens with one attached hydrogen (secondary N) is 2. The Morgan fingerprint density at radius 3 is 2.26 bits per heavy atom. The molecule has 0 unspecified atom stereocenters. The minimum atomic E-state index is -0.304. The van der Waals surface area contributed by atoms with E-state index in [2.05, 4.69) is 26.6 Å². The van der Waals surface area contributed by atoms with Crippen molar-refractivity contribution in [3.8, 4) is 0 Å². The number of halogens is 1. The lowest BCUT2D eigenvalue weighted by molar-refractivity contribution is -0.116. The zero-order valence-electron chi connectivity index (χ0n) is 10.6. The summed E-state index contributed by atoms with van der Waals surface area (Å²) in [5.74, 6) is -0.0610. The number of para-hydroxylation sites is 1. The van der Waals surface area contributed by atoms with Crippen molar-refractivity contribution >= 4 is 33.2 Å². The lowest BCUT2D eigenvalue weighted by Gasteiger charge is -2.15. The lowest BCUT2D eigenvalue weighted by Crippen LogP contribution is -2.31. The van der Waals surface area contributed by atoms with Crippen LogP contribution in [0.25, 0.3) is 0 Å². The van der Waals surface area contributed by atoms with Crippen molar-refractivity contribution in [1.29, 1.82) is 0 Å². The molecular weight excluding hydrogens is 304 g/mol. The van der Waals surface area contributed by atoms with Gasteiger partial charge in [0.2, 0.25) is 5.91 Å². The van der Waals surface area contributed by atoms with Crippen LogP contribution in [0.3, 0.4) is 0 Å². The normalized spacial score (nSPS) is 11.7. The van der Waals surface area contributed by atoms with E-state index in [1.807, 2.05) is 61.5 Å². The Bertz CT molecular complexity index is 540. The largest absolute Gasteiger partial charge is 0.374 e. The molecule has 98 valence electrons. The van der Waals surface area contributed by atoms with Gasteiger partial charge in [0.15, 0.2) is 0 Å². The van der Waals surface area contributed by atoms with E-state index >= 15 is 0 Å². The minimum absolute atomic E-state index is 0.0610. The van der Waals surface area contributed by atoms with Gasteiger partial charge in [0.25, 0.3) is 0 Å². The Morgan fingerprint density at radius 1 is 1.00 bits per heavy atom. The monoisotopic (exact) mass is 318 g/mol. The Hall–Kier alpha value is -1.81. The molecule has 2 aromatic rings. The molecule has 0 aliphatic carbocycles. The summed E-state index contributed by atoms with van der Waals surface area (Å²) in [7, 11) is 0. The van der Waals surface area contributed by atoms with Gasteiger partial charge in [-0.3, -0.25) is 4.79 Å². The molecule has 19 heavy (non-hydrogen) atoms. The number of anilines is 2. The highest BCUT2D eigenvalue weighted by atomic mass is 79.9. The zero-order chi connectivity index (χ0) is 13.7. The molecule has 2 N–H and O–H groups in total. The highest BCUT2D eigenvalue weighted by molar-refractivity contribution is 9.10. The third-order valence-corrected chi connectivity index (χ3v) is 3.19. The van der Waals surface area contributed by atoms with Crippen LogP contribution in [0.2, 0.25) is 0 Å². The molecule has 2 rings (SSSR count). The summed E-state index contributed by atoms with van der Waals surface area (Å²) in [6.45, 7) is 1.83. The highest BCUT2D eigenvalue weighted by Crippen LogP contribution is 2.15. The Morgan fingerprint density at radius 2 is 1.63 bits per heavy atom. The molecule has 3 nitrogen and oxygen atoms in total. The summed E-state index contributed by atoms with van der Waals surface area (Å²) in [5.41, 5.74) is 1.72. The van der Waals surface area contributed by atoms with E-state index in [9.17, 15) is 4.79 Å². The van der Waals surface area contributed by atoms with Crippen LogP contribution >= 0.6 is 15.9 Å². The van der Waals surface area contributed by atoms with Crippen LogP contribution in [0, 0.1) is 0 Å². The molecule has 0 radical (unpaired) electrons. The fraction of sp³-hybridized carbons (Fsp3) is 0.133. The summed E-state index contributed by atoms with van der Waals surface area (Å²) in [5, 5.41) is 6.02. The van der Waals surface area contributed by atoms with Crippen molar-refractivity contribution in [3.63, 3.8) is 0 Å². The molecule has 0 heterocycles. The maximum atomic E-state index is 12.0. The Kier molecular flexibility index (Phi) is 4.58. The number of amides is 1. The van der Waals surface area contributed by atoms with Crippen molar-refractivity contribution in [2.24, 2.45) is 0 Å². The van der Waals surface area contributed by atoms with Gasteiger partial charge in [-0.25, -0.2) is 0 Å². The van der Waals surface area contributed by atoms with Crippen LogP contribution in [-0.2, 0) is 4.79 Å². The van der Waals surface area contributed by atoms with Crippen molar-refractivity contribution in [2.75, 3.05) is 10.6 Å². The second kappa shape index (κ2) is 6.38. The van der Waals surface area contributed by atoms with Gasteiger partial charge in [-0.05, 0) is 43.3 Å². The Labute approximate surface area is 121 Å². The van der Waals surface area contributed by atoms with E-state index in [-0.39, 0.29) is 11.9 Å². The number of carbonyl (C=O) groups excluding carboxylic acids is 1. The van der Waals surface area contributed by atoms with Crippen LogP contribution in [0.15, 0.2) is 59.1 Å². The number of benzene rings is 2. The lowest BCUT2D eigenvalue weighted by atomic mass is 10.2. The molecule has 1 atom stereocenters. The van der Waals surface area contributed by atoms with E-state index in [4.69, 9.17) is 0 Å². The molecule has 0 saturated carbocycles. The third kappa shape index (κ3) is 4.10. The van der Waals surface area contributed by atoms with Gasteiger partial charge in [0.05, 0.1) is 0 Å². The molecule has 0 fully saturated rings. The fourth-order valence-electron chi connectivity index (χ4n) is 1.63. The van der Waals surface area contributed by atoms with Crippen LogP contribution in [-0.4, -0.2) is 11.9 Å². The van der Waals surface area contributed by atoms with Gasteiger partial charge in [-0.2, -0.15) is 0 Å². The molecule has 4 heteroatoms. The standard InChI is InChI=1S/C15H15BrN2O/c1-11(17-14-9-7-12(16)8-10-14)15(19)18-13-5-3-2-4-6-13/h2-11,17H,1H3,(H,18,19)/t11-/m1/s1. The molecule has 0 bridgehead atoms. The van der Waals surface area contributed by atoms with Crippen LogP contribution in [0.4, 0.5) is 11.4 Å². The maximum Gasteiger partial charge on any atom is 0.246 e. The van der Waals surface area contributed by atoms with E-state index < -0.39 is 0 Å². The minimum Gasteiger partial charge on any atom is -0.374 e. The van der Waals surface area contributed by atoms with Gasteiger partial charge >= 0.3 is 0 Å². The first kappa shape index (κ1) is 13.6. The summed E-state index contributed by atoms with van der Waals surface area (Å²) >= 11 is 3.38. The van der Waals surface area contributed by atoms with E-state index in [1.165, 1.54) is 0 Å². The number of hydrogen-bond donors (Lipinski definition) is 2. The van der Waals surface area contributed by atoms with Gasteiger partial charge in [0.1, 0.15) is 6.04 Å². The molecule has 0 aliphatic rings. The third-order valence-electron chi connectivity index (χ3n) is 2.66. The summed E-state index contributed by atoms with van der Waals surface area (Å²) in [4.78, 5) is 12.0. The van der Waals surface area contributed by atoms with Crippen LogP contribution in [0.5, 0.6) is 0 Å². The quantitative estimate of drug-likeness (QED) is 0.898. The highest BCUT2D eigenvalue weighted by Gasteiger charge is 2.12.